The van der Waals surface area contributed by atoms with Crippen LogP contribution in [0.15, 0.2) is 60.7 Å². The zero-order valence-electron chi connectivity index (χ0n) is 23.1. The van der Waals surface area contributed by atoms with Crippen molar-refractivity contribution in [1.82, 2.24) is 14.5 Å². The normalized spacial score (nSPS) is 24.9. The van der Waals surface area contributed by atoms with Gasteiger partial charge < -0.3 is 14.6 Å². The number of nitrogens with one attached hydrogen (secondary N) is 1. The number of carbonyl (C=O) groups excluding carboxylic acids is 2. The van der Waals surface area contributed by atoms with Crippen LogP contribution >= 0.6 is 23.2 Å². The molecule has 1 aliphatic carbocycles. The summed E-state index contributed by atoms with van der Waals surface area (Å²) in [5, 5.41) is 3.61. The number of benzene rings is 3. The summed E-state index contributed by atoms with van der Waals surface area (Å²) >= 11 is 12.6. The highest BCUT2D eigenvalue weighted by Crippen LogP contribution is 2.58. The van der Waals surface area contributed by atoms with Crippen LogP contribution in [0.5, 0.6) is 0 Å². The van der Waals surface area contributed by atoms with Crippen molar-refractivity contribution in [1.29, 1.82) is 0 Å². The molecular weight excluding hydrogens is 578 g/mol. The number of carbonyl (C=O) groups is 2. The molecule has 2 aliphatic heterocycles. The number of imidazole rings is 1. The minimum Gasteiger partial charge on any atom is -0.465 e. The Balaban J connectivity index is 1.40. The molecule has 0 radical (unpaired) electrons. The van der Waals surface area contributed by atoms with Gasteiger partial charge in [0.25, 0.3) is 0 Å². The fraction of sp³-hybridized carbons (Fsp3) is 0.344. The van der Waals surface area contributed by atoms with E-state index in [4.69, 9.17) is 32.9 Å². The van der Waals surface area contributed by atoms with Gasteiger partial charge in [0.05, 0.1) is 28.7 Å². The molecule has 1 aromatic heterocycles. The first-order chi connectivity index (χ1) is 20.2. The van der Waals surface area contributed by atoms with Gasteiger partial charge in [-0.15, -0.1) is 0 Å². The molecule has 3 aromatic carbocycles. The van der Waals surface area contributed by atoms with Crippen LogP contribution in [0.4, 0.5) is 10.1 Å². The lowest BCUT2D eigenvalue weighted by Crippen LogP contribution is -2.56. The van der Waals surface area contributed by atoms with Gasteiger partial charge in [0, 0.05) is 41.7 Å². The Bertz CT molecular complexity index is 1760. The van der Waals surface area contributed by atoms with Crippen molar-refractivity contribution in [3.8, 4) is 0 Å². The van der Waals surface area contributed by atoms with E-state index in [-0.39, 0.29) is 22.9 Å². The predicted octanol–water partition coefficient (Wildman–Crippen LogP) is 6.64. The molecule has 1 saturated heterocycles. The van der Waals surface area contributed by atoms with E-state index in [0.29, 0.717) is 46.4 Å². The van der Waals surface area contributed by atoms with E-state index in [1.807, 2.05) is 13.0 Å². The van der Waals surface area contributed by atoms with Gasteiger partial charge in [0.15, 0.2) is 0 Å². The molecule has 4 atom stereocenters. The largest absolute Gasteiger partial charge is 0.465 e. The number of likely N-dealkylation sites (tertiary alicyclic amines) is 1. The summed E-state index contributed by atoms with van der Waals surface area (Å²) < 4.78 is 23.0. The number of hydrogen-bond acceptors (Lipinski definition) is 5. The van der Waals surface area contributed by atoms with Crippen molar-refractivity contribution < 1.29 is 18.7 Å². The van der Waals surface area contributed by atoms with Crippen LogP contribution in [0.2, 0.25) is 10.0 Å². The Morgan fingerprint density at radius 2 is 1.90 bits per heavy atom. The molecule has 4 aromatic rings. The average Bonchev–Trinajstić information content (AvgIpc) is 3.57. The number of nitrogens with zero attached hydrogens (tertiary/aromatic N) is 3. The molecule has 0 unspecified atom stereocenters. The maximum atomic E-state index is 16.0. The summed E-state index contributed by atoms with van der Waals surface area (Å²) in [7, 11) is 1.34. The van der Waals surface area contributed by atoms with Crippen LogP contribution in [0.3, 0.4) is 0 Å². The fourth-order valence-corrected chi connectivity index (χ4v) is 7.48. The summed E-state index contributed by atoms with van der Waals surface area (Å²) in [4.78, 5) is 34.0. The molecule has 7 rings (SSSR count). The van der Waals surface area contributed by atoms with Gasteiger partial charge >= 0.3 is 5.97 Å². The number of fused-ring (bicyclic) bond motifs is 5. The second-order valence-corrected chi connectivity index (χ2v) is 12.5. The Hall–Kier alpha value is -3.46. The Morgan fingerprint density at radius 3 is 2.64 bits per heavy atom. The number of anilines is 1. The highest BCUT2D eigenvalue weighted by molar-refractivity contribution is 6.31. The number of amides is 1. The van der Waals surface area contributed by atoms with Gasteiger partial charge in [-0.2, -0.15) is 0 Å². The Kier molecular flexibility index (Phi) is 6.57. The van der Waals surface area contributed by atoms with Crippen LogP contribution in [0, 0.1) is 11.7 Å². The third kappa shape index (κ3) is 4.22. The van der Waals surface area contributed by atoms with Crippen LogP contribution in [0.1, 0.15) is 53.3 Å². The van der Waals surface area contributed by atoms with Gasteiger partial charge in [-0.05, 0) is 73.7 Å². The molecule has 42 heavy (non-hydrogen) atoms. The third-order valence-corrected chi connectivity index (χ3v) is 9.78. The number of rotatable bonds is 6. The zero-order valence-corrected chi connectivity index (χ0v) is 24.6. The summed E-state index contributed by atoms with van der Waals surface area (Å²) in [6.45, 7) is 3.22. The van der Waals surface area contributed by atoms with Crippen LogP contribution in [-0.2, 0) is 16.1 Å². The first-order valence-corrected chi connectivity index (χ1v) is 14.8. The van der Waals surface area contributed by atoms with Gasteiger partial charge in [0.1, 0.15) is 17.2 Å². The molecule has 2 fully saturated rings. The van der Waals surface area contributed by atoms with Crippen molar-refractivity contribution in [2.45, 2.75) is 49.7 Å². The summed E-state index contributed by atoms with van der Waals surface area (Å²) in [6, 6.07) is 17.2. The first kappa shape index (κ1) is 27.4. The number of aromatic nitrogens is 2. The maximum Gasteiger partial charge on any atom is 0.337 e. The number of esters is 1. The number of halogens is 3. The van der Waals surface area contributed by atoms with E-state index in [2.05, 4.69) is 14.8 Å². The maximum absolute atomic E-state index is 16.0. The second-order valence-electron chi connectivity index (χ2n) is 11.7. The molecule has 3 aliphatic rings. The lowest BCUT2D eigenvalue weighted by molar-refractivity contribution is -0.127. The molecule has 216 valence electrons. The topological polar surface area (TPSA) is 76.5 Å². The zero-order chi connectivity index (χ0) is 29.3. The lowest BCUT2D eigenvalue weighted by Gasteiger charge is -2.40. The number of ether oxygens (including phenoxy) is 1. The Labute approximate surface area is 252 Å². The summed E-state index contributed by atoms with van der Waals surface area (Å²) in [5.74, 6) is -0.873. The van der Waals surface area contributed by atoms with E-state index in [1.165, 1.54) is 13.2 Å². The molecule has 10 heteroatoms. The van der Waals surface area contributed by atoms with E-state index >= 15 is 4.39 Å². The second kappa shape index (κ2) is 10.1. The Morgan fingerprint density at radius 1 is 1.12 bits per heavy atom. The third-order valence-electron chi connectivity index (χ3n) is 9.25. The van der Waals surface area contributed by atoms with Gasteiger partial charge in [-0.1, -0.05) is 41.4 Å². The van der Waals surface area contributed by atoms with Crippen LogP contribution < -0.4 is 5.32 Å². The molecule has 3 heterocycles. The molecular formula is C32H29Cl2FN4O3. The van der Waals surface area contributed by atoms with E-state index in [0.717, 1.165) is 24.2 Å². The van der Waals surface area contributed by atoms with Crippen LogP contribution in [0.25, 0.3) is 11.0 Å². The SMILES string of the molecule is COC(=O)c1ccc2c(c1)nc1n2C[C@H]2[C@@H]1[C@H](c1cccc(Cl)c1F)[C@](C)(C(=O)Nc1cccc(Cl)c1)N2CC1CC1. The monoisotopic (exact) mass is 606 g/mol. The van der Waals surface area contributed by atoms with Gasteiger partial charge in [-0.3, -0.25) is 9.69 Å². The van der Waals surface area contributed by atoms with E-state index in [9.17, 15) is 9.59 Å². The summed E-state index contributed by atoms with van der Waals surface area (Å²) in [6.07, 6.45) is 2.19. The van der Waals surface area contributed by atoms with Gasteiger partial charge in [0.2, 0.25) is 5.91 Å². The van der Waals surface area contributed by atoms with Crippen LogP contribution in [-0.4, -0.2) is 51.6 Å². The molecule has 1 amide bonds. The molecule has 0 bridgehead atoms. The van der Waals surface area contributed by atoms with Crippen molar-refractivity contribution in [3.63, 3.8) is 0 Å². The van der Waals surface area contributed by atoms with E-state index in [1.54, 1.807) is 48.5 Å². The molecule has 7 nitrogen and oxygen atoms in total. The minimum atomic E-state index is -1.13. The predicted molar refractivity (Wildman–Crippen MR) is 160 cm³/mol. The molecule has 1 N–H and O–H groups in total. The number of methoxy groups -OCH3 is 1. The molecule has 1 saturated carbocycles. The smallest absolute Gasteiger partial charge is 0.337 e. The van der Waals surface area contributed by atoms with Crippen molar-refractivity contribution >= 4 is 51.8 Å². The fourth-order valence-electron chi connectivity index (χ4n) is 7.10. The lowest BCUT2D eigenvalue weighted by atomic mass is 9.74. The highest BCUT2D eigenvalue weighted by atomic mass is 35.5. The van der Waals surface area contributed by atoms with Crippen molar-refractivity contribution in [3.05, 3.63) is 93.5 Å². The highest BCUT2D eigenvalue weighted by Gasteiger charge is 2.64. The quantitative estimate of drug-likeness (QED) is 0.249. The first-order valence-electron chi connectivity index (χ1n) is 14.1. The van der Waals surface area contributed by atoms with Crippen molar-refractivity contribution in [2.24, 2.45) is 5.92 Å². The minimum absolute atomic E-state index is 0.0107. The number of hydrogen-bond donors (Lipinski definition) is 1. The summed E-state index contributed by atoms with van der Waals surface area (Å²) in [5.41, 5.74) is 1.77. The standard InChI is InChI=1S/C32H29Cl2FN4O3/c1-32(31(41)36-20-6-3-5-19(33)14-20)27(21-7-4-8-22(34)28(21)35)26-25(39(32)15-17-9-10-17)16-38-24-12-11-18(30(40)42-2)13-23(24)37-29(26)38/h3-8,11-14,17,25-27H,9-10,15-16H2,1-2H3,(H,36,41)/t25-,26+,27-,32+/m0/s1. The molecule has 0 spiro atoms. The van der Waals surface area contributed by atoms with Gasteiger partial charge in [-0.25, -0.2) is 14.2 Å². The van der Waals surface area contributed by atoms with E-state index < -0.39 is 23.2 Å². The van der Waals surface area contributed by atoms with Crippen molar-refractivity contribution in [2.75, 3.05) is 19.0 Å². The average molecular weight is 608 g/mol.